The van der Waals surface area contributed by atoms with E-state index >= 15 is 0 Å². The average Bonchev–Trinajstić information content (AvgIpc) is 3.32. The third-order valence-electron chi connectivity index (χ3n) is 3.58. The van der Waals surface area contributed by atoms with E-state index in [0.29, 0.717) is 5.92 Å². The van der Waals surface area contributed by atoms with Crippen molar-refractivity contribution in [1.82, 2.24) is 15.0 Å². The lowest BCUT2D eigenvalue weighted by molar-refractivity contribution is 0.902. The summed E-state index contributed by atoms with van der Waals surface area (Å²) in [7, 11) is 0. The highest BCUT2D eigenvalue weighted by molar-refractivity contribution is 5.67. The van der Waals surface area contributed by atoms with Crippen LogP contribution in [0.25, 0.3) is 11.3 Å². The Morgan fingerprint density at radius 2 is 2.15 bits per heavy atom. The molecule has 0 unspecified atom stereocenters. The molecule has 3 rings (SSSR count). The van der Waals surface area contributed by atoms with Crippen LogP contribution in [0.3, 0.4) is 0 Å². The first kappa shape index (κ1) is 13.0. The molecule has 0 saturated heterocycles. The van der Waals surface area contributed by atoms with Gasteiger partial charge in [0.1, 0.15) is 11.6 Å². The zero-order chi connectivity index (χ0) is 13.9. The fourth-order valence-electron chi connectivity index (χ4n) is 2.26. The number of rotatable bonds is 5. The summed E-state index contributed by atoms with van der Waals surface area (Å²) < 4.78 is 0. The summed E-state index contributed by atoms with van der Waals surface area (Å²) in [4.78, 5) is 13.7. The summed E-state index contributed by atoms with van der Waals surface area (Å²) in [5.41, 5.74) is 3.18. The van der Waals surface area contributed by atoms with Gasteiger partial charge in [-0.05, 0) is 38.3 Å². The molecule has 2 heterocycles. The molecule has 0 atom stereocenters. The van der Waals surface area contributed by atoms with Crippen LogP contribution in [0.1, 0.15) is 43.5 Å². The lowest BCUT2D eigenvalue weighted by atomic mass is 10.1. The molecule has 0 bridgehead atoms. The van der Waals surface area contributed by atoms with E-state index in [1.807, 2.05) is 12.3 Å². The van der Waals surface area contributed by atoms with E-state index in [-0.39, 0.29) is 0 Å². The van der Waals surface area contributed by atoms with Crippen molar-refractivity contribution in [2.45, 2.75) is 39.0 Å². The highest BCUT2D eigenvalue weighted by Crippen LogP contribution is 2.40. The average molecular weight is 268 g/mol. The molecule has 0 radical (unpaired) electrons. The zero-order valence-corrected chi connectivity index (χ0v) is 12.1. The van der Waals surface area contributed by atoms with Crippen molar-refractivity contribution in [1.29, 1.82) is 0 Å². The second-order valence-corrected chi connectivity index (χ2v) is 5.35. The molecule has 104 valence electrons. The van der Waals surface area contributed by atoms with Crippen LogP contribution in [0.4, 0.5) is 5.82 Å². The summed E-state index contributed by atoms with van der Waals surface area (Å²) >= 11 is 0. The molecule has 2 aromatic heterocycles. The molecule has 0 spiro atoms. The smallest absolute Gasteiger partial charge is 0.134 e. The molecule has 4 heteroatoms. The largest absolute Gasteiger partial charge is 0.370 e. The minimum Gasteiger partial charge on any atom is -0.370 e. The Kier molecular flexibility index (Phi) is 3.63. The van der Waals surface area contributed by atoms with E-state index in [1.54, 1.807) is 6.20 Å². The summed E-state index contributed by atoms with van der Waals surface area (Å²) in [6.07, 6.45) is 7.17. The second kappa shape index (κ2) is 5.57. The van der Waals surface area contributed by atoms with Gasteiger partial charge in [0.25, 0.3) is 0 Å². The molecule has 1 fully saturated rings. The first-order valence-electron chi connectivity index (χ1n) is 7.32. The van der Waals surface area contributed by atoms with Crippen LogP contribution >= 0.6 is 0 Å². The monoisotopic (exact) mass is 268 g/mol. The second-order valence-electron chi connectivity index (χ2n) is 5.35. The number of pyridine rings is 1. The van der Waals surface area contributed by atoms with Gasteiger partial charge in [-0.25, -0.2) is 9.97 Å². The van der Waals surface area contributed by atoms with E-state index < -0.39 is 0 Å². The van der Waals surface area contributed by atoms with Gasteiger partial charge in [-0.2, -0.15) is 0 Å². The molecule has 20 heavy (non-hydrogen) atoms. The Morgan fingerprint density at radius 1 is 1.30 bits per heavy atom. The Hall–Kier alpha value is -1.97. The first-order chi connectivity index (χ1) is 9.79. The van der Waals surface area contributed by atoms with Gasteiger partial charge < -0.3 is 5.32 Å². The van der Waals surface area contributed by atoms with Crippen molar-refractivity contribution in [2.24, 2.45) is 0 Å². The third kappa shape index (κ3) is 2.64. The molecule has 1 aliphatic carbocycles. The summed E-state index contributed by atoms with van der Waals surface area (Å²) in [5.74, 6) is 2.50. The lowest BCUT2D eigenvalue weighted by Crippen LogP contribution is -2.08. The van der Waals surface area contributed by atoms with E-state index in [9.17, 15) is 0 Å². The maximum Gasteiger partial charge on any atom is 0.134 e. The number of anilines is 1. The molecule has 1 aliphatic rings. The summed E-state index contributed by atoms with van der Waals surface area (Å²) in [6.45, 7) is 5.18. The Morgan fingerprint density at radius 3 is 2.80 bits per heavy atom. The van der Waals surface area contributed by atoms with E-state index in [4.69, 9.17) is 9.97 Å². The molecule has 1 saturated carbocycles. The van der Waals surface area contributed by atoms with Crippen molar-refractivity contribution < 1.29 is 0 Å². The molecule has 1 N–H and O–H groups in total. The van der Waals surface area contributed by atoms with Crippen molar-refractivity contribution in [3.8, 4) is 11.3 Å². The SMILES string of the molecule is CCCNc1nc(C2CC2)nc(-c2cccnc2)c1C. The van der Waals surface area contributed by atoms with Crippen molar-refractivity contribution in [3.63, 3.8) is 0 Å². The van der Waals surface area contributed by atoms with Gasteiger partial charge in [0.2, 0.25) is 0 Å². The maximum atomic E-state index is 4.78. The highest BCUT2D eigenvalue weighted by atomic mass is 15.0. The normalized spacial score (nSPS) is 14.3. The molecule has 0 aliphatic heterocycles. The fourth-order valence-corrected chi connectivity index (χ4v) is 2.26. The van der Waals surface area contributed by atoms with Gasteiger partial charge in [-0.1, -0.05) is 6.92 Å². The molecule has 0 aromatic carbocycles. The number of aromatic nitrogens is 3. The maximum absolute atomic E-state index is 4.78. The molecular formula is C16H20N4. The molecule has 2 aromatic rings. The Bertz CT molecular complexity index is 591. The number of nitrogens with zero attached hydrogens (tertiary/aromatic N) is 3. The fraction of sp³-hybridized carbons (Fsp3) is 0.438. The van der Waals surface area contributed by atoms with E-state index in [1.165, 1.54) is 12.8 Å². The predicted molar refractivity (Wildman–Crippen MR) is 80.8 cm³/mol. The molecule has 4 nitrogen and oxygen atoms in total. The standard InChI is InChI=1S/C16H20N4/c1-3-8-18-15-11(2)14(13-5-4-9-17-10-13)19-16(20-15)12-6-7-12/h4-5,9-10,12H,3,6-8H2,1-2H3,(H,18,19,20). The highest BCUT2D eigenvalue weighted by Gasteiger charge is 2.28. The lowest BCUT2D eigenvalue weighted by Gasteiger charge is -2.13. The van der Waals surface area contributed by atoms with Crippen molar-refractivity contribution in [2.75, 3.05) is 11.9 Å². The number of nitrogens with one attached hydrogen (secondary N) is 1. The van der Waals surface area contributed by atoms with Crippen LogP contribution in [-0.2, 0) is 0 Å². The molecular weight excluding hydrogens is 248 g/mol. The van der Waals surface area contributed by atoms with Crippen LogP contribution in [0.5, 0.6) is 0 Å². The summed E-state index contributed by atoms with van der Waals surface area (Å²) in [5, 5.41) is 3.42. The van der Waals surface area contributed by atoms with Crippen LogP contribution in [0, 0.1) is 6.92 Å². The van der Waals surface area contributed by atoms with Crippen molar-refractivity contribution in [3.05, 3.63) is 35.9 Å². The number of hydrogen-bond donors (Lipinski definition) is 1. The van der Waals surface area contributed by atoms with Crippen LogP contribution in [-0.4, -0.2) is 21.5 Å². The minimum atomic E-state index is 0.549. The van der Waals surface area contributed by atoms with Gasteiger partial charge in [-0.15, -0.1) is 0 Å². The topological polar surface area (TPSA) is 50.7 Å². The summed E-state index contributed by atoms with van der Waals surface area (Å²) in [6, 6.07) is 4.01. The quantitative estimate of drug-likeness (QED) is 0.901. The van der Waals surface area contributed by atoms with Gasteiger partial charge >= 0.3 is 0 Å². The van der Waals surface area contributed by atoms with Crippen LogP contribution in [0.2, 0.25) is 0 Å². The third-order valence-corrected chi connectivity index (χ3v) is 3.58. The zero-order valence-electron chi connectivity index (χ0n) is 12.1. The van der Waals surface area contributed by atoms with Gasteiger partial charge in [0.15, 0.2) is 0 Å². The van der Waals surface area contributed by atoms with Gasteiger partial charge in [-0.3, -0.25) is 4.98 Å². The first-order valence-corrected chi connectivity index (χ1v) is 7.32. The van der Waals surface area contributed by atoms with Crippen molar-refractivity contribution >= 4 is 5.82 Å². The van der Waals surface area contributed by atoms with Gasteiger partial charge in [0, 0.05) is 36.0 Å². The van der Waals surface area contributed by atoms with Crippen LogP contribution in [0.15, 0.2) is 24.5 Å². The van der Waals surface area contributed by atoms with E-state index in [0.717, 1.165) is 41.4 Å². The van der Waals surface area contributed by atoms with Crippen LogP contribution < -0.4 is 5.32 Å². The predicted octanol–water partition coefficient (Wildman–Crippen LogP) is 3.55. The minimum absolute atomic E-state index is 0.549. The Balaban J connectivity index is 2.05. The number of hydrogen-bond acceptors (Lipinski definition) is 4. The van der Waals surface area contributed by atoms with Gasteiger partial charge in [0.05, 0.1) is 5.69 Å². The molecule has 0 amide bonds. The van der Waals surface area contributed by atoms with E-state index in [2.05, 4.69) is 30.2 Å². The Labute approximate surface area is 119 Å².